The maximum Gasteiger partial charge on any atom is 0.377 e. The standard InChI is InChI=1S/C21H19Cl2NO5/c1-21(2)28-18(20(26)29-21)11-19(25)24(27-13-14-6-4-3-5-7-14)12-15-8-9-16(22)17(23)10-15/h3-11H,12-13H2,1-2H3/b18-11-. The summed E-state index contributed by atoms with van der Waals surface area (Å²) in [5, 5.41) is 1.90. The van der Waals surface area contributed by atoms with Crippen LogP contribution in [-0.2, 0) is 37.1 Å². The second-order valence-electron chi connectivity index (χ2n) is 6.78. The van der Waals surface area contributed by atoms with Crippen LogP contribution >= 0.6 is 23.2 Å². The number of amides is 1. The van der Waals surface area contributed by atoms with Crippen molar-refractivity contribution < 1.29 is 23.9 Å². The van der Waals surface area contributed by atoms with Crippen LogP contribution in [0.4, 0.5) is 0 Å². The van der Waals surface area contributed by atoms with E-state index in [1.807, 2.05) is 30.3 Å². The number of hydrogen-bond acceptors (Lipinski definition) is 5. The van der Waals surface area contributed by atoms with Crippen LogP contribution in [-0.4, -0.2) is 22.7 Å². The Bertz CT molecular complexity index is 943. The van der Waals surface area contributed by atoms with Crippen molar-refractivity contribution in [2.45, 2.75) is 32.8 Å². The average Bonchev–Trinajstić information content (AvgIpc) is 2.93. The summed E-state index contributed by atoms with van der Waals surface area (Å²) in [5.41, 5.74) is 1.58. The fraction of sp³-hybridized carbons (Fsp3) is 0.238. The number of carbonyl (C=O) groups is 2. The number of nitrogens with zero attached hydrogens (tertiary/aromatic N) is 1. The minimum atomic E-state index is -1.12. The summed E-state index contributed by atoms with van der Waals surface area (Å²) >= 11 is 12.0. The molecule has 29 heavy (non-hydrogen) atoms. The van der Waals surface area contributed by atoms with Gasteiger partial charge in [0, 0.05) is 13.8 Å². The van der Waals surface area contributed by atoms with E-state index in [9.17, 15) is 9.59 Å². The summed E-state index contributed by atoms with van der Waals surface area (Å²) in [4.78, 5) is 30.4. The molecule has 0 spiro atoms. The van der Waals surface area contributed by atoms with Gasteiger partial charge in [0.25, 0.3) is 5.91 Å². The summed E-state index contributed by atoms with van der Waals surface area (Å²) < 4.78 is 10.4. The van der Waals surface area contributed by atoms with E-state index in [2.05, 4.69) is 0 Å². The first-order chi connectivity index (χ1) is 13.7. The van der Waals surface area contributed by atoms with Gasteiger partial charge in [0.15, 0.2) is 0 Å². The van der Waals surface area contributed by atoms with Crippen LogP contribution in [0.2, 0.25) is 10.0 Å². The third-order valence-electron chi connectivity index (χ3n) is 3.94. The number of cyclic esters (lactones) is 1. The molecule has 1 fully saturated rings. The van der Waals surface area contributed by atoms with Gasteiger partial charge >= 0.3 is 5.97 Å². The van der Waals surface area contributed by atoms with Crippen LogP contribution in [0.25, 0.3) is 0 Å². The molecule has 1 aliphatic heterocycles. The van der Waals surface area contributed by atoms with E-state index in [-0.39, 0.29) is 18.9 Å². The molecule has 2 aromatic carbocycles. The zero-order chi connectivity index (χ0) is 21.0. The number of halogens is 2. The first kappa shape index (κ1) is 21.2. The quantitative estimate of drug-likeness (QED) is 0.375. The lowest BCUT2D eigenvalue weighted by Crippen LogP contribution is -2.30. The molecule has 0 bridgehead atoms. The first-order valence-electron chi connectivity index (χ1n) is 8.80. The van der Waals surface area contributed by atoms with E-state index in [4.69, 9.17) is 37.5 Å². The second-order valence-corrected chi connectivity index (χ2v) is 7.60. The van der Waals surface area contributed by atoms with Gasteiger partial charge in [-0.1, -0.05) is 59.6 Å². The molecule has 6 nitrogen and oxygen atoms in total. The summed E-state index contributed by atoms with van der Waals surface area (Å²) in [7, 11) is 0. The van der Waals surface area contributed by atoms with Gasteiger partial charge in [-0.05, 0) is 23.3 Å². The van der Waals surface area contributed by atoms with Gasteiger partial charge in [0.2, 0.25) is 11.5 Å². The van der Waals surface area contributed by atoms with Crippen molar-refractivity contribution in [2.24, 2.45) is 0 Å². The lowest BCUT2D eigenvalue weighted by atomic mass is 10.2. The van der Waals surface area contributed by atoms with Crippen molar-refractivity contribution in [1.82, 2.24) is 5.06 Å². The molecule has 0 N–H and O–H groups in total. The van der Waals surface area contributed by atoms with Crippen LogP contribution in [0.15, 0.2) is 60.4 Å². The molecule has 0 saturated carbocycles. The van der Waals surface area contributed by atoms with Crippen LogP contribution in [0.3, 0.4) is 0 Å². The molecule has 8 heteroatoms. The van der Waals surface area contributed by atoms with E-state index < -0.39 is 17.7 Å². The number of carbonyl (C=O) groups excluding carboxylic acids is 2. The van der Waals surface area contributed by atoms with E-state index in [1.54, 1.807) is 32.0 Å². The Morgan fingerprint density at radius 1 is 1.07 bits per heavy atom. The molecule has 1 aliphatic rings. The summed E-state index contributed by atoms with van der Waals surface area (Å²) in [6, 6.07) is 14.4. The van der Waals surface area contributed by atoms with Gasteiger partial charge in [0.05, 0.1) is 22.7 Å². The monoisotopic (exact) mass is 435 g/mol. The molecule has 2 aromatic rings. The molecule has 0 unspecified atom stereocenters. The van der Waals surface area contributed by atoms with Crippen LogP contribution in [0.1, 0.15) is 25.0 Å². The van der Waals surface area contributed by atoms with Crippen molar-refractivity contribution in [3.05, 3.63) is 81.5 Å². The topological polar surface area (TPSA) is 65.1 Å². The first-order valence-corrected chi connectivity index (χ1v) is 9.55. The van der Waals surface area contributed by atoms with Crippen LogP contribution < -0.4 is 0 Å². The largest absolute Gasteiger partial charge is 0.445 e. The average molecular weight is 436 g/mol. The Balaban J connectivity index is 1.80. The molecule has 1 heterocycles. The highest BCUT2D eigenvalue weighted by Crippen LogP contribution is 2.27. The highest BCUT2D eigenvalue weighted by Gasteiger charge is 2.38. The third-order valence-corrected chi connectivity index (χ3v) is 4.67. The van der Waals surface area contributed by atoms with Crippen molar-refractivity contribution in [3.8, 4) is 0 Å². The summed E-state index contributed by atoms with van der Waals surface area (Å²) in [6.45, 7) is 3.41. The predicted molar refractivity (Wildman–Crippen MR) is 108 cm³/mol. The normalized spacial score (nSPS) is 16.4. The number of rotatable bonds is 6. The van der Waals surface area contributed by atoms with Gasteiger partial charge in [-0.3, -0.25) is 9.63 Å². The maximum absolute atomic E-state index is 12.8. The number of esters is 1. The van der Waals surface area contributed by atoms with Gasteiger partial charge in [0.1, 0.15) is 6.61 Å². The van der Waals surface area contributed by atoms with Gasteiger partial charge in [-0.2, -0.15) is 0 Å². The fourth-order valence-electron chi connectivity index (χ4n) is 2.59. The predicted octanol–water partition coefficient (Wildman–Crippen LogP) is 4.65. The van der Waals surface area contributed by atoms with E-state index >= 15 is 0 Å². The SMILES string of the molecule is CC1(C)OC(=O)/C(=C/C(=O)N(Cc2ccc(Cl)c(Cl)c2)OCc2ccccc2)O1. The molecule has 0 aliphatic carbocycles. The molecular weight excluding hydrogens is 417 g/mol. The van der Waals surface area contributed by atoms with E-state index in [0.717, 1.165) is 16.7 Å². The highest BCUT2D eigenvalue weighted by molar-refractivity contribution is 6.42. The van der Waals surface area contributed by atoms with Crippen LogP contribution in [0, 0.1) is 0 Å². The second kappa shape index (κ2) is 8.86. The highest BCUT2D eigenvalue weighted by atomic mass is 35.5. The van der Waals surface area contributed by atoms with Crippen molar-refractivity contribution >= 4 is 35.1 Å². The number of hydrogen-bond donors (Lipinski definition) is 0. The fourth-order valence-corrected chi connectivity index (χ4v) is 2.91. The van der Waals surface area contributed by atoms with Crippen molar-refractivity contribution in [3.63, 3.8) is 0 Å². The van der Waals surface area contributed by atoms with E-state index in [0.29, 0.717) is 15.6 Å². The minimum Gasteiger partial charge on any atom is -0.445 e. The number of hydroxylamine groups is 2. The minimum absolute atomic E-state index is 0.0881. The Morgan fingerprint density at radius 2 is 1.79 bits per heavy atom. The molecule has 152 valence electrons. The molecule has 1 amide bonds. The number of benzene rings is 2. The molecule has 0 radical (unpaired) electrons. The molecule has 3 rings (SSSR count). The zero-order valence-corrected chi connectivity index (χ0v) is 17.4. The van der Waals surface area contributed by atoms with Crippen molar-refractivity contribution in [2.75, 3.05) is 0 Å². The number of ether oxygens (including phenoxy) is 2. The van der Waals surface area contributed by atoms with Gasteiger partial charge < -0.3 is 9.47 Å². The smallest absolute Gasteiger partial charge is 0.377 e. The molecular formula is C21H19Cl2NO5. The Hall–Kier alpha value is -2.54. The van der Waals surface area contributed by atoms with E-state index in [1.165, 1.54) is 0 Å². The third kappa shape index (κ3) is 5.73. The Morgan fingerprint density at radius 3 is 2.41 bits per heavy atom. The lowest BCUT2D eigenvalue weighted by Gasteiger charge is -2.21. The van der Waals surface area contributed by atoms with Crippen LogP contribution in [0.5, 0.6) is 0 Å². The van der Waals surface area contributed by atoms with Gasteiger partial charge in [-0.15, -0.1) is 0 Å². The van der Waals surface area contributed by atoms with Gasteiger partial charge in [-0.25, -0.2) is 9.86 Å². The maximum atomic E-state index is 12.8. The Labute approximate surface area is 178 Å². The molecule has 1 saturated heterocycles. The summed E-state index contributed by atoms with van der Waals surface area (Å²) in [6.07, 6.45) is 1.06. The molecule has 0 atom stereocenters. The Kier molecular flexibility index (Phi) is 6.47. The molecule has 0 aromatic heterocycles. The summed E-state index contributed by atoms with van der Waals surface area (Å²) in [5.74, 6) is -2.58. The van der Waals surface area contributed by atoms with Crippen molar-refractivity contribution in [1.29, 1.82) is 0 Å². The zero-order valence-electron chi connectivity index (χ0n) is 15.9. The lowest BCUT2D eigenvalue weighted by molar-refractivity contribution is -0.190.